The molecule has 0 aromatic heterocycles. The maximum atomic E-state index is 12.4. The first kappa shape index (κ1) is 13.5. The standard InChI is InChI=1S/C16H14N2O3/c1-17-14(11-7-9-13(10-8-11)18(20)21)15(17)16(19)12-5-3-2-4-6-12/h2-10,14-15H,1H3/t14-,15-,17?/m1/s1. The molecule has 1 fully saturated rings. The molecule has 3 rings (SSSR count). The van der Waals surface area contributed by atoms with Gasteiger partial charge < -0.3 is 0 Å². The van der Waals surface area contributed by atoms with Crippen LogP contribution in [-0.4, -0.2) is 28.7 Å². The number of rotatable bonds is 4. The Labute approximate surface area is 122 Å². The summed E-state index contributed by atoms with van der Waals surface area (Å²) >= 11 is 0. The van der Waals surface area contributed by atoms with E-state index in [1.165, 1.54) is 12.1 Å². The van der Waals surface area contributed by atoms with Crippen LogP contribution in [0.15, 0.2) is 54.6 Å². The number of nitro benzene ring substituents is 1. The number of likely N-dealkylation sites (N-methyl/N-ethyl adjacent to an activating group) is 1. The molecule has 0 bridgehead atoms. The third-order valence-electron chi connectivity index (χ3n) is 3.86. The highest BCUT2D eigenvalue weighted by Crippen LogP contribution is 2.43. The van der Waals surface area contributed by atoms with E-state index in [0.29, 0.717) is 5.56 Å². The average molecular weight is 282 g/mol. The van der Waals surface area contributed by atoms with Crippen LogP contribution in [0.4, 0.5) is 5.69 Å². The highest BCUT2D eigenvalue weighted by atomic mass is 16.6. The van der Waals surface area contributed by atoms with Crippen molar-refractivity contribution in [1.29, 1.82) is 0 Å². The Morgan fingerprint density at radius 2 is 1.71 bits per heavy atom. The first-order chi connectivity index (χ1) is 10.1. The molecule has 1 heterocycles. The molecule has 0 radical (unpaired) electrons. The first-order valence-electron chi connectivity index (χ1n) is 6.65. The zero-order valence-corrected chi connectivity index (χ0v) is 11.5. The van der Waals surface area contributed by atoms with E-state index in [4.69, 9.17) is 0 Å². The van der Waals surface area contributed by atoms with Crippen molar-refractivity contribution in [1.82, 2.24) is 4.90 Å². The van der Waals surface area contributed by atoms with Gasteiger partial charge in [0.05, 0.1) is 17.0 Å². The highest BCUT2D eigenvalue weighted by Gasteiger charge is 2.50. The molecule has 1 aliphatic heterocycles. The second kappa shape index (κ2) is 5.10. The number of non-ortho nitro benzene ring substituents is 1. The third-order valence-corrected chi connectivity index (χ3v) is 3.86. The van der Waals surface area contributed by atoms with E-state index < -0.39 is 4.92 Å². The molecule has 1 aliphatic rings. The van der Waals surface area contributed by atoms with Crippen LogP contribution in [0, 0.1) is 10.1 Å². The number of hydrogen-bond acceptors (Lipinski definition) is 4. The molecule has 0 spiro atoms. The van der Waals surface area contributed by atoms with E-state index in [2.05, 4.69) is 0 Å². The van der Waals surface area contributed by atoms with E-state index in [-0.39, 0.29) is 23.6 Å². The van der Waals surface area contributed by atoms with Crippen molar-refractivity contribution in [2.24, 2.45) is 0 Å². The monoisotopic (exact) mass is 282 g/mol. The Balaban J connectivity index is 1.79. The van der Waals surface area contributed by atoms with Crippen molar-refractivity contribution < 1.29 is 9.72 Å². The van der Waals surface area contributed by atoms with Crippen LogP contribution in [-0.2, 0) is 0 Å². The molecule has 1 unspecified atom stereocenters. The summed E-state index contributed by atoms with van der Waals surface area (Å²) in [6.07, 6.45) is 0. The predicted molar refractivity (Wildman–Crippen MR) is 78.2 cm³/mol. The number of nitro groups is 1. The van der Waals surface area contributed by atoms with Gasteiger partial charge in [0.2, 0.25) is 0 Å². The summed E-state index contributed by atoms with van der Waals surface area (Å²) < 4.78 is 0. The fourth-order valence-electron chi connectivity index (χ4n) is 2.65. The first-order valence-corrected chi connectivity index (χ1v) is 6.65. The van der Waals surface area contributed by atoms with Crippen LogP contribution in [0.5, 0.6) is 0 Å². The normalized spacial score (nSPS) is 23.6. The van der Waals surface area contributed by atoms with E-state index >= 15 is 0 Å². The van der Waals surface area contributed by atoms with Gasteiger partial charge in [-0.1, -0.05) is 42.5 Å². The molecule has 2 aromatic carbocycles. The van der Waals surface area contributed by atoms with Gasteiger partial charge in [0, 0.05) is 17.7 Å². The molecule has 0 amide bonds. The van der Waals surface area contributed by atoms with E-state index in [0.717, 1.165) is 5.56 Å². The van der Waals surface area contributed by atoms with Gasteiger partial charge >= 0.3 is 0 Å². The molecule has 0 N–H and O–H groups in total. The minimum Gasteiger partial charge on any atom is -0.292 e. The molecule has 3 atom stereocenters. The number of hydrogen-bond donors (Lipinski definition) is 0. The highest BCUT2D eigenvalue weighted by molar-refractivity contribution is 6.02. The minimum absolute atomic E-state index is 0.00138. The summed E-state index contributed by atoms with van der Waals surface area (Å²) in [6.45, 7) is 0. The van der Waals surface area contributed by atoms with Crippen molar-refractivity contribution in [2.75, 3.05) is 7.05 Å². The van der Waals surface area contributed by atoms with Crippen LogP contribution in [0.25, 0.3) is 0 Å². The zero-order valence-electron chi connectivity index (χ0n) is 11.5. The maximum absolute atomic E-state index is 12.4. The summed E-state index contributed by atoms with van der Waals surface area (Å²) in [7, 11) is 1.89. The molecule has 21 heavy (non-hydrogen) atoms. The number of nitrogens with zero attached hydrogens (tertiary/aromatic N) is 2. The smallest absolute Gasteiger partial charge is 0.269 e. The zero-order chi connectivity index (χ0) is 15.0. The van der Waals surface area contributed by atoms with Gasteiger partial charge in [0.1, 0.15) is 0 Å². The molecule has 5 heteroatoms. The lowest BCUT2D eigenvalue weighted by molar-refractivity contribution is -0.384. The average Bonchev–Trinajstić information content (AvgIpc) is 3.18. The summed E-state index contributed by atoms with van der Waals surface area (Å²) in [5, 5.41) is 10.7. The molecule has 5 nitrogen and oxygen atoms in total. The van der Waals surface area contributed by atoms with Crippen LogP contribution < -0.4 is 0 Å². The van der Waals surface area contributed by atoms with Gasteiger partial charge in [-0.2, -0.15) is 0 Å². The number of carbonyl (C=O) groups excluding carboxylic acids is 1. The Morgan fingerprint density at radius 1 is 1.10 bits per heavy atom. The number of ketones is 1. The van der Waals surface area contributed by atoms with Gasteiger partial charge in [-0.25, -0.2) is 0 Å². The van der Waals surface area contributed by atoms with E-state index in [9.17, 15) is 14.9 Å². The van der Waals surface area contributed by atoms with Crippen LogP contribution in [0.1, 0.15) is 22.0 Å². The second-order valence-corrected chi connectivity index (χ2v) is 5.13. The maximum Gasteiger partial charge on any atom is 0.269 e. The Bertz CT molecular complexity index is 682. The van der Waals surface area contributed by atoms with Gasteiger partial charge in [-0.15, -0.1) is 0 Å². The summed E-state index contributed by atoms with van der Waals surface area (Å²) in [5.41, 5.74) is 1.68. The van der Waals surface area contributed by atoms with Crippen molar-refractivity contribution in [3.8, 4) is 0 Å². The SMILES string of the molecule is CN1[C@H](c2ccc([N+](=O)[O-])cc2)[C@@H]1C(=O)c1ccccc1. The Morgan fingerprint density at radius 3 is 2.29 bits per heavy atom. The van der Waals surface area contributed by atoms with Crippen molar-refractivity contribution in [2.45, 2.75) is 12.1 Å². The topological polar surface area (TPSA) is 63.2 Å². The summed E-state index contributed by atoms with van der Waals surface area (Å²) in [4.78, 5) is 24.6. The van der Waals surface area contributed by atoms with Crippen LogP contribution in [0.2, 0.25) is 0 Å². The Kier molecular flexibility index (Phi) is 3.27. The Hall–Kier alpha value is -2.53. The lowest BCUT2D eigenvalue weighted by Crippen LogP contribution is -2.11. The van der Waals surface area contributed by atoms with E-state index in [1.54, 1.807) is 24.3 Å². The van der Waals surface area contributed by atoms with Gasteiger partial charge in [0.15, 0.2) is 5.78 Å². The lowest BCUT2D eigenvalue weighted by atomic mass is 10.0. The minimum atomic E-state index is -0.424. The fourth-order valence-corrected chi connectivity index (χ4v) is 2.65. The molecule has 2 aromatic rings. The molecular weight excluding hydrogens is 268 g/mol. The van der Waals surface area contributed by atoms with Gasteiger partial charge in [-0.05, 0) is 12.6 Å². The largest absolute Gasteiger partial charge is 0.292 e. The molecule has 1 saturated heterocycles. The number of benzene rings is 2. The summed E-state index contributed by atoms with van der Waals surface area (Å²) in [6, 6.07) is 15.4. The fraction of sp³-hybridized carbons (Fsp3) is 0.188. The van der Waals surface area contributed by atoms with Gasteiger partial charge in [0.25, 0.3) is 5.69 Å². The third kappa shape index (κ3) is 2.43. The second-order valence-electron chi connectivity index (χ2n) is 5.13. The number of carbonyl (C=O) groups is 1. The quantitative estimate of drug-likeness (QED) is 0.374. The van der Waals surface area contributed by atoms with Crippen molar-refractivity contribution in [3.63, 3.8) is 0 Å². The molecular formula is C16H14N2O3. The van der Waals surface area contributed by atoms with E-state index in [1.807, 2.05) is 30.1 Å². The predicted octanol–water partition coefficient (Wildman–Crippen LogP) is 2.83. The molecule has 0 saturated carbocycles. The van der Waals surface area contributed by atoms with Crippen molar-refractivity contribution >= 4 is 11.5 Å². The lowest BCUT2D eigenvalue weighted by Gasteiger charge is -1.99. The van der Waals surface area contributed by atoms with Crippen LogP contribution in [0.3, 0.4) is 0 Å². The van der Waals surface area contributed by atoms with Crippen LogP contribution >= 0.6 is 0 Å². The van der Waals surface area contributed by atoms with Crippen molar-refractivity contribution in [3.05, 3.63) is 75.8 Å². The van der Waals surface area contributed by atoms with Gasteiger partial charge in [-0.3, -0.25) is 19.8 Å². The summed E-state index contributed by atoms with van der Waals surface area (Å²) in [5.74, 6) is 0.0847. The molecule has 0 aliphatic carbocycles. The molecule has 106 valence electrons. The number of Topliss-reactive ketones (excluding diaryl/α,β-unsaturated/α-hetero) is 1.